The van der Waals surface area contributed by atoms with E-state index >= 15 is 0 Å². The van der Waals surface area contributed by atoms with Crippen LogP contribution >= 0.6 is 0 Å². The molecule has 1 nitrogen and oxygen atoms in total. The SMILES string of the molecule is [CH2]CCCCCC=O. The van der Waals surface area contributed by atoms with E-state index in [9.17, 15) is 4.79 Å². The van der Waals surface area contributed by atoms with E-state index in [-0.39, 0.29) is 0 Å². The molecular weight excluding hydrogens is 100 g/mol. The molecule has 0 saturated carbocycles. The van der Waals surface area contributed by atoms with Crippen LogP contribution in [0.5, 0.6) is 0 Å². The third-order valence-electron chi connectivity index (χ3n) is 1.07. The van der Waals surface area contributed by atoms with Gasteiger partial charge in [0.05, 0.1) is 0 Å². The summed E-state index contributed by atoms with van der Waals surface area (Å²) in [6, 6.07) is 0. The molecule has 1 heteroatoms. The van der Waals surface area contributed by atoms with E-state index < -0.39 is 0 Å². The number of aldehydes is 1. The van der Waals surface area contributed by atoms with Crippen LogP contribution in [0, 0.1) is 6.92 Å². The van der Waals surface area contributed by atoms with Gasteiger partial charge < -0.3 is 4.79 Å². The van der Waals surface area contributed by atoms with Gasteiger partial charge in [-0.05, 0) is 6.42 Å². The fraction of sp³-hybridized carbons (Fsp3) is 0.714. The Morgan fingerprint density at radius 3 is 2.50 bits per heavy atom. The normalized spacial score (nSPS) is 9.12. The Balaban J connectivity index is 2.62. The fourth-order valence-electron chi connectivity index (χ4n) is 0.581. The average Bonchev–Trinajstić information content (AvgIpc) is 1.81. The number of carbonyl (C=O) groups is 1. The molecule has 0 aromatic carbocycles. The van der Waals surface area contributed by atoms with Crippen molar-refractivity contribution < 1.29 is 4.79 Å². The Bertz CT molecular complexity index is 50.3. The zero-order valence-electron chi connectivity index (χ0n) is 5.23. The molecule has 0 unspecified atom stereocenters. The van der Waals surface area contributed by atoms with Gasteiger partial charge in [0.25, 0.3) is 0 Å². The minimum atomic E-state index is 0.722. The molecule has 0 aromatic rings. The van der Waals surface area contributed by atoms with Crippen LogP contribution in [0.2, 0.25) is 0 Å². The van der Waals surface area contributed by atoms with Crippen LogP contribution < -0.4 is 0 Å². The maximum Gasteiger partial charge on any atom is 0.119 e. The third kappa shape index (κ3) is 5.67. The van der Waals surface area contributed by atoms with Crippen molar-refractivity contribution in [2.24, 2.45) is 0 Å². The van der Waals surface area contributed by atoms with Crippen LogP contribution in [-0.4, -0.2) is 6.29 Å². The van der Waals surface area contributed by atoms with E-state index in [0.717, 1.165) is 38.4 Å². The van der Waals surface area contributed by atoms with Gasteiger partial charge >= 0.3 is 0 Å². The molecule has 0 atom stereocenters. The van der Waals surface area contributed by atoms with E-state index in [1.165, 1.54) is 0 Å². The van der Waals surface area contributed by atoms with Gasteiger partial charge in [0, 0.05) is 6.42 Å². The number of hydrogen-bond acceptors (Lipinski definition) is 1. The number of rotatable bonds is 5. The van der Waals surface area contributed by atoms with Gasteiger partial charge in [-0.15, -0.1) is 0 Å². The van der Waals surface area contributed by atoms with Crippen LogP contribution in [-0.2, 0) is 4.79 Å². The topological polar surface area (TPSA) is 17.1 Å². The highest BCUT2D eigenvalue weighted by atomic mass is 16.1. The summed E-state index contributed by atoms with van der Waals surface area (Å²) in [6.45, 7) is 3.69. The number of unbranched alkanes of at least 4 members (excludes halogenated alkanes) is 4. The van der Waals surface area contributed by atoms with Crippen LogP contribution in [0.1, 0.15) is 32.1 Å². The monoisotopic (exact) mass is 113 g/mol. The Morgan fingerprint density at radius 2 is 2.00 bits per heavy atom. The first kappa shape index (κ1) is 7.67. The number of carbonyl (C=O) groups excluding carboxylic acids is 1. The molecule has 0 heterocycles. The van der Waals surface area contributed by atoms with E-state index in [1.807, 2.05) is 0 Å². The summed E-state index contributed by atoms with van der Waals surface area (Å²) in [7, 11) is 0. The van der Waals surface area contributed by atoms with Gasteiger partial charge in [-0.1, -0.05) is 26.2 Å². The first-order chi connectivity index (χ1) is 3.91. The molecule has 0 aliphatic rings. The van der Waals surface area contributed by atoms with Crippen molar-refractivity contribution in [3.05, 3.63) is 6.92 Å². The highest BCUT2D eigenvalue weighted by Crippen LogP contribution is 1.99. The van der Waals surface area contributed by atoms with Gasteiger partial charge in [0.2, 0.25) is 0 Å². The first-order valence-electron chi connectivity index (χ1n) is 3.14. The smallest absolute Gasteiger partial charge is 0.119 e. The van der Waals surface area contributed by atoms with Gasteiger partial charge in [0.1, 0.15) is 6.29 Å². The lowest BCUT2D eigenvalue weighted by Gasteiger charge is -1.90. The van der Waals surface area contributed by atoms with Gasteiger partial charge in [0.15, 0.2) is 0 Å². The lowest BCUT2D eigenvalue weighted by molar-refractivity contribution is -0.107. The fourth-order valence-corrected chi connectivity index (χ4v) is 0.581. The second-order valence-electron chi connectivity index (χ2n) is 1.87. The predicted octanol–water partition coefficient (Wildman–Crippen LogP) is 1.97. The van der Waals surface area contributed by atoms with E-state index in [0.29, 0.717) is 0 Å². The third-order valence-corrected chi connectivity index (χ3v) is 1.07. The van der Waals surface area contributed by atoms with Crippen molar-refractivity contribution in [3.8, 4) is 0 Å². The first-order valence-corrected chi connectivity index (χ1v) is 3.14. The molecule has 0 aliphatic heterocycles. The molecule has 8 heavy (non-hydrogen) atoms. The molecule has 0 spiro atoms. The molecule has 0 amide bonds. The van der Waals surface area contributed by atoms with Crippen molar-refractivity contribution in [3.63, 3.8) is 0 Å². The van der Waals surface area contributed by atoms with Gasteiger partial charge in [-0.3, -0.25) is 0 Å². The zero-order chi connectivity index (χ0) is 6.24. The van der Waals surface area contributed by atoms with Crippen molar-refractivity contribution in [1.82, 2.24) is 0 Å². The largest absolute Gasteiger partial charge is 0.303 e. The summed E-state index contributed by atoms with van der Waals surface area (Å²) in [4.78, 5) is 9.75. The molecule has 0 rings (SSSR count). The summed E-state index contributed by atoms with van der Waals surface area (Å²) in [5.41, 5.74) is 0. The van der Waals surface area contributed by atoms with E-state index in [4.69, 9.17) is 0 Å². The summed E-state index contributed by atoms with van der Waals surface area (Å²) < 4.78 is 0. The second-order valence-corrected chi connectivity index (χ2v) is 1.87. The molecule has 0 saturated heterocycles. The molecule has 0 bridgehead atoms. The Hall–Kier alpha value is -0.330. The standard InChI is InChI=1S/C7H13O/c1-2-3-4-5-6-7-8/h7H,1-6H2. The van der Waals surface area contributed by atoms with E-state index in [2.05, 4.69) is 6.92 Å². The van der Waals surface area contributed by atoms with Crippen LogP contribution in [0.3, 0.4) is 0 Å². The van der Waals surface area contributed by atoms with Crippen molar-refractivity contribution in [2.45, 2.75) is 32.1 Å². The molecule has 0 aliphatic carbocycles. The summed E-state index contributed by atoms with van der Waals surface area (Å²) in [5.74, 6) is 0. The number of hydrogen-bond donors (Lipinski definition) is 0. The highest BCUT2D eigenvalue weighted by Gasteiger charge is 1.83. The van der Waals surface area contributed by atoms with Crippen molar-refractivity contribution in [1.29, 1.82) is 0 Å². The Morgan fingerprint density at radius 1 is 1.25 bits per heavy atom. The van der Waals surface area contributed by atoms with Crippen LogP contribution in [0.15, 0.2) is 0 Å². The predicted molar refractivity (Wildman–Crippen MR) is 34.5 cm³/mol. The van der Waals surface area contributed by atoms with Gasteiger partial charge in [-0.25, -0.2) is 0 Å². The van der Waals surface area contributed by atoms with Crippen LogP contribution in [0.4, 0.5) is 0 Å². The van der Waals surface area contributed by atoms with Crippen molar-refractivity contribution >= 4 is 6.29 Å². The molecule has 0 aromatic heterocycles. The zero-order valence-corrected chi connectivity index (χ0v) is 5.23. The molecular formula is C7H13O. The van der Waals surface area contributed by atoms with Crippen molar-refractivity contribution in [2.75, 3.05) is 0 Å². The molecule has 0 N–H and O–H groups in total. The summed E-state index contributed by atoms with van der Waals surface area (Å²) in [6.07, 6.45) is 6.05. The Kier molecular flexibility index (Phi) is 6.39. The highest BCUT2D eigenvalue weighted by molar-refractivity contribution is 5.48. The molecule has 0 fully saturated rings. The second kappa shape index (κ2) is 6.67. The van der Waals surface area contributed by atoms with Gasteiger partial charge in [-0.2, -0.15) is 0 Å². The summed E-state index contributed by atoms with van der Waals surface area (Å²) in [5, 5.41) is 0. The maximum absolute atomic E-state index is 9.75. The average molecular weight is 113 g/mol. The lowest BCUT2D eigenvalue weighted by Crippen LogP contribution is -1.76. The minimum Gasteiger partial charge on any atom is -0.303 e. The summed E-state index contributed by atoms with van der Waals surface area (Å²) >= 11 is 0. The maximum atomic E-state index is 9.75. The molecule has 1 radical (unpaired) electrons. The Labute approximate surface area is 51.1 Å². The molecule has 47 valence electrons. The minimum absolute atomic E-state index is 0.722. The quantitative estimate of drug-likeness (QED) is 0.393. The van der Waals surface area contributed by atoms with Crippen LogP contribution in [0.25, 0.3) is 0 Å². The van der Waals surface area contributed by atoms with E-state index in [1.54, 1.807) is 0 Å². The lowest BCUT2D eigenvalue weighted by atomic mass is 10.2.